The SMILES string of the molecule is O=C(O)c1ccc2c(c1)[C@@H]1C=CC[C@@H]1[C@@H](c1ccc(Cl)c([N+](=O)[O-])c1)N2. The number of nitro groups is 1. The van der Waals surface area contributed by atoms with Crippen LogP contribution in [0.5, 0.6) is 0 Å². The van der Waals surface area contributed by atoms with Gasteiger partial charge in [-0.3, -0.25) is 10.1 Å². The van der Waals surface area contributed by atoms with E-state index in [4.69, 9.17) is 11.6 Å². The van der Waals surface area contributed by atoms with Crippen LogP contribution in [0, 0.1) is 16.0 Å². The molecule has 1 heterocycles. The number of anilines is 1. The Morgan fingerprint density at radius 1 is 1.27 bits per heavy atom. The number of fused-ring (bicyclic) bond motifs is 3. The summed E-state index contributed by atoms with van der Waals surface area (Å²) >= 11 is 5.94. The highest BCUT2D eigenvalue weighted by Crippen LogP contribution is 2.50. The quantitative estimate of drug-likeness (QED) is 0.461. The van der Waals surface area contributed by atoms with Crippen LogP contribution in [0.1, 0.15) is 39.9 Å². The predicted molar refractivity (Wildman–Crippen MR) is 97.9 cm³/mol. The van der Waals surface area contributed by atoms with Gasteiger partial charge >= 0.3 is 5.97 Å². The average Bonchev–Trinajstić information content (AvgIpc) is 3.11. The summed E-state index contributed by atoms with van der Waals surface area (Å²) in [4.78, 5) is 22.0. The molecule has 0 unspecified atom stereocenters. The maximum atomic E-state index is 11.3. The highest BCUT2D eigenvalue weighted by atomic mass is 35.5. The first-order chi connectivity index (χ1) is 12.5. The second-order valence-corrected chi connectivity index (χ2v) is 6.96. The van der Waals surface area contributed by atoms with Gasteiger partial charge in [-0.2, -0.15) is 0 Å². The van der Waals surface area contributed by atoms with Gasteiger partial charge < -0.3 is 10.4 Å². The Balaban J connectivity index is 1.78. The van der Waals surface area contributed by atoms with Crippen LogP contribution in [0.4, 0.5) is 11.4 Å². The van der Waals surface area contributed by atoms with Crippen LogP contribution in [0.15, 0.2) is 48.6 Å². The Morgan fingerprint density at radius 2 is 2.08 bits per heavy atom. The zero-order valence-corrected chi connectivity index (χ0v) is 14.3. The van der Waals surface area contributed by atoms with Gasteiger partial charge in [-0.25, -0.2) is 4.79 Å². The molecule has 1 aliphatic carbocycles. The fraction of sp³-hybridized carbons (Fsp3) is 0.211. The number of benzene rings is 2. The highest BCUT2D eigenvalue weighted by Gasteiger charge is 2.38. The van der Waals surface area contributed by atoms with Crippen LogP contribution in [0.25, 0.3) is 0 Å². The maximum absolute atomic E-state index is 11.3. The molecular weight excluding hydrogens is 356 g/mol. The van der Waals surface area contributed by atoms with Gasteiger partial charge in [0.05, 0.1) is 16.5 Å². The Morgan fingerprint density at radius 3 is 2.81 bits per heavy atom. The van der Waals surface area contributed by atoms with Gasteiger partial charge in [0.1, 0.15) is 5.02 Å². The van der Waals surface area contributed by atoms with E-state index in [0.717, 1.165) is 23.2 Å². The Bertz CT molecular complexity index is 957. The number of allylic oxidation sites excluding steroid dienone is 2. The first-order valence-corrected chi connectivity index (χ1v) is 8.58. The van der Waals surface area contributed by atoms with Crippen LogP contribution < -0.4 is 5.32 Å². The molecule has 0 amide bonds. The number of hydrogen-bond acceptors (Lipinski definition) is 4. The number of carboxylic acids is 1. The summed E-state index contributed by atoms with van der Waals surface area (Å²) in [6.45, 7) is 0. The maximum Gasteiger partial charge on any atom is 0.335 e. The van der Waals surface area contributed by atoms with E-state index in [0.29, 0.717) is 0 Å². The highest BCUT2D eigenvalue weighted by molar-refractivity contribution is 6.32. The molecule has 2 aromatic carbocycles. The minimum Gasteiger partial charge on any atom is -0.478 e. The van der Waals surface area contributed by atoms with Crippen LogP contribution in [0.2, 0.25) is 5.02 Å². The second kappa shape index (κ2) is 6.14. The number of carbonyl (C=O) groups is 1. The molecule has 0 fully saturated rings. The van der Waals surface area contributed by atoms with E-state index in [2.05, 4.69) is 17.5 Å². The molecule has 26 heavy (non-hydrogen) atoms. The third-order valence-corrected chi connectivity index (χ3v) is 5.46. The molecule has 3 atom stereocenters. The number of rotatable bonds is 3. The van der Waals surface area contributed by atoms with Gasteiger partial charge in [0.25, 0.3) is 5.69 Å². The standard InChI is InChI=1S/C19H15ClN2O4/c20-15-6-4-10(9-17(15)22(25)26)18-13-3-1-2-12(13)14-8-11(19(23)24)5-7-16(14)21-18/h1-2,4-9,12-13,18,21H,3H2,(H,23,24)/t12-,13+,18-/m1/s1. The number of nitrogens with zero attached hydrogens (tertiary/aromatic N) is 1. The van der Waals surface area contributed by atoms with E-state index in [1.807, 2.05) is 0 Å². The van der Waals surface area contributed by atoms with Crippen molar-refractivity contribution >= 4 is 28.9 Å². The summed E-state index contributed by atoms with van der Waals surface area (Å²) in [5, 5.41) is 24.0. The minimum absolute atomic E-state index is 0.0743. The van der Waals surface area contributed by atoms with E-state index in [-0.39, 0.29) is 34.2 Å². The van der Waals surface area contributed by atoms with E-state index in [1.54, 1.807) is 30.3 Å². The van der Waals surface area contributed by atoms with Crippen molar-refractivity contribution in [2.45, 2.75) is 18.4 Å². The molecule has 0 spiro atoms. The number of nitro benzene ring substituents is 1. The van der Waals surface area contributed by atoms with E-state index < -0.39 is 10.9 Å². The lowest BCUT2D eigenvalue weighted by atomic mass is 9.76. The van der Waals surface area contributed by atoms with Crippen LogP contribution in [0.3, 0.4) is 0 Å². The van der Waals surface area contributed by atoms with Crippen LogP contribution in [-0.4, -0.2) is 16.0 Å². The van der Waals surface area contributed by atoms with Gasteiger partial charge in [0.15, 0.2) is 0 Å². The smallest absolute Gasteiger partial charge is 0.335 e. The van der Waals surface area contributed by atoms with Crippen molar-refractivity contribution in [1.82, 2.24) is 0 Å². The Hall–Kier alpha value is -2.86. The molecule has 7 heteroatoms. The van der Waals surface area contributed by atoms with E-state index in [1.165, 1.54) is 6.07 Å². The van der Waals surface area contributed by atoms with Crippen molar-refractivity contribution in [3.05, 3.63) is 80.4 Å². The van der Waals surface area contributed by atoms with Crippen molar-refractivity contribution in [3.63, 3.8) is 0 Å². The Kier molecular flexibility index (Phi) is 3.92. The van der Waals surface area contributed by atoms with Crippen LogP contribution >= 0.6 is 11.6 Å². The fourth-order valence-corrected chi connectivity index (χ4v) is 4.11. The molecule has 0 radical (unpaired) electrons. The van der Waals surface area contributed by atoms with Crippen molar-refractivity contribution in [3.8, 4) is 0 Å². The van der Waals surface area contributed by atoms with E-state index >= 15 is 0 Å². The average molecular weight is 371 g/mol. The molecule has 6 nitrogen and oxygen atoms in total. The monoisotopic (exact) mass is 370 g/mol. The molecule has 132 valence electrons. The molecule has 0 saturated carbocycles. The molecule has 2 aliphatic rings. The summed E-state index contributed by atoms with van der Waals surface area (Å²) in [6.07, 6.45) is 4.99. The second-order valence-electron chi connectivity index (χ2n) is 6.55. The summed E-state index contributed by atoms with van der Waals surface area (Å²) in [6, 6.07) is 9.79. The summed E-state index contributed by atoms with van der Waals surface area (Å²) in [5.41, 5.74) is 2.74. The largest absolute Gasteiger partial charge is 0.478 e. The van der Waals surface area contributed by atoms with Crippen molar-refractivity contribution in [2.24, 2.45) is 5.92 Å². The summed E-state index contributed by atoms with van der Waals surface area (Å²) in [5.74, 6) is -0.723. The normalized spacial score (nSPS) is 23.0. The lowest BCUT2D eigenvalue weighted by Gasteiger charge is -2.37. The van der Waals surface area contributed by atoms with Crippen molar-refractivity contribution < 1.29 is 14.8 Å². The Labute approximate surface area is 154 Å². The molecule has 0 bridgehead atoms. The van der Waals surface area contributed by atoms with Gasteiger partial charge in [0.2, 0.25) is 0 Å². The summed E-state index contributed by atoms with van der Waals surface area (Å²) < 4.78 is 0. The minimum atomic E-state index is -0.957. The van der Waals surface area contributed by atoms with E-state index in [9.17, 15) is 20.0 Å². The van der Waals surface area contributed by atoms with Crippen molar-refractivity contribution in [2.75, 3.05) is 5.32 Å². The van der Waals surface area contributed by atoms with Gasteiger partial charge in [-0.1, -0.05) is 29.8 Å². The number of aromatic carboxylic acids is 1. The lowest BCUT2D eigenvalue weighted by molar-refractivity contribution is -0.384. The third-order valence-electron chi connectivity index (χ3n) is 5.14. The number of nitrogens with one attached hydrogen (secondary N) is 1. The fourth-order valence-electron chi connectivity index (χ4n) is 3.92. The topological polar surface area (TPSA) is 92.5 Å². The summed E-state index contributed by atoms with van der Waals surface area (Å²) in [7, 11) is 0. The molecule has 2 N–H and O–H groups in total. The zero-order chi connectivity index (χ0) is 18.4. The molecule has 2 aromatic rings. The molecular formula is C19H15ClN2O4. The number of halogens is 1. The molecule has 0 saturated heterocycles. The zero-order valence-electron chi connectivity index (χ0n) is 13.6. The number of carboxylic acid groups (broad SMARTS) is 1. The molecule has 4 rings (SSSR count). The van der Waals surface area contributed by atoms with Crippen molar-refractivity contribution in [1.29, 1.82) is 0 Å². The van der Waals surface area contributed by atoms with Gasteiger partial charge in [-0.05, 0) is 47.7 Å². The lowest BCUT2D eigenvalue weighted by Crippen LogP contribution is -2.29. The molecule has 1 aliphatic heterocycles. The molecule has 0 aromatic heterocycles. The van der Waals surface area contributed by atoms with Gasteiger partial charge in [-0.15, -0.1) is 0 Å². The predicted octanol–water partition coefficient (Wildman–Crippen LogP) is 4.77. The third kappa shape index (κ3) is 2.63. The van der Waals surface area contributed by atoms with Crippen LogP contribution in [-0.2, 0) is 0 Å². The first-order valence-electron chi connectivity index (χ1n) is 8.20. The van der Waals surface area contributed by atoms with Gasteiger partial charge in [0, 0.05) is 17.7 Å². The number of hydrogen-bond donors (Lipinski definition) is 2. The first kappa shape index (κ1) is 16.6.